The van der Waals surface area contributed by atoms with Crippen molar-refractivity contribution in [3.05, 3.63) is 54.5 Å². The van der Waals surface area contributed by atoms with Crippen LogP contribution < -0.4 is 10.2 Å². The van der Waals surface area contributed by atoms with Crippen LogP contribution in [0.2, 0.25) is 0 Å². The molecule has 0 spiro atoms. The highest BCUT2D eigenvalue weighted by Gasteiger charge is 2.22. The van der Waals surface area contributed by atoms with Gasteiger partial charge in [0.05, 0.1) is 12.8 Å². The molecule has 3 rings (SSSR count). The molecule has 1 aromatic heterocycles. The Labute approximate surface area is 107 Å². The summed E-state index contributed by atoms with van der Waals surface area (Å²) in [7, 11) is 0. The fourth-order valence-corrected chi connectivity index (χ4v) is 2.46. The van der Waals surface area contributed by atoms with Gasteiger partial charge in [-0.15, -0.1) is 0 Å². The van der Waals surface area contributed by atoms with Crippen molar-refractivity contribution < 1.29 is 4.42 Å². The molecule has 3 nitrogen and oxygen atoms in total. The quantitative estimate of drug-likeness (QED) is 0.893. The van der Waals surface area contributed by atoms with E-state index in [1.807, 2.05) is 12.1 Å². The van der Waals surface area contributed by atoms with Crippen LogP contribution in [0.3, 0.4) is 0 Å². The first-order chi connectivity index (χ1) is 8.92. The van der Waals surface area contributed by atoms with Crippen molar-refractivity contribution in [1.82, 2.24) is 5.32 Å². The lowest BCUT2D eigenvalue weighted by Gasteiger charge is -2.18. The van der Waals surface area contributed by atoms with Crippen LogP contribution in [0.1, 0.15) is 12.2 Å². The van der Waals surface area contributed by atoms with Gasteiger partial charge in [0.15, 0.2) is 0 Å². The summed E-state index contributed by atoms with van der Waals surface area (Å²) in [6.07, 6.45) is 2.91. The van der Waals surface area contributed by atoms with Crippen LogP contribution in [0.25, 0.3) is 0 Å². The molecule has 1 atom stereocenters. The number of anilines is 1. The monoisotopic (exact) mass is 242 g/mol. The van der Waals surface area contributed by atoms with Gasteiger partial charge in [-0.05, 0) is 30.7 Å². The molecule has 0 aliphatic carbocycles. The Hall–Kier alpha value is -1.74. The summed E-state index contributed by atoms with van der Waals surface area (Å²) < 4.78 is 5.33. The summed E-state index contributed by atoms with van der Waals surface area (Å²) in [6, 6.07) is 15.1. The van der Waals surface area contributed by atoms with Gasteiger partial charge in [0, 0.05) is 24.8 Å². The second-order valence-corrected chi connectivity index (χ2v) is 4.73. The first-order valence-electron chi connectivity index (χ1n) is 6.47. The Kier molecular flexibility index (Phi) is 3.33. The Bertz CT molecular complexity index is 467. The zero-order valence-corrected chi connectivity index (χ0v) is 10.4. The second kappa shape index (κ2) is 5.27. The molecule has 0 amide bonds. The van der Waals surface area contributed by atoms with Crippen LogP contribution in [-0.4, -0.2) is 19.1 Å². The minimum absolute atomic E-state index is 0.551. The molecule has 1 aromatic carbocycles. The zero-order chi connectivity index (χ0) is 12.2. The lowest BCUT2D eigenvalue weighted by atomic mass is 10.2. The first-order valence-corrected chi connectivity index (χ1v) is 6.47. The topological polar surface area (TPSA) is 28.4 Å². The molecule has 1 aliphatic rings. The van der Waals surface area contributed by atoms with Crippen molar-refractivity contribution in [3.8, 4) is 0 Å². The van der Waals surface area contributed by atoms with Gasteiger partial charge in [0.1, 0.15) is 5.76 Å². The van der Waals surface area contributed by atoms with Crippen LogP contribution in [0, 0.1) is 0 Å². The molecule has 94 valence electrons. The molecule has 1 aliphatic heterocycles. The minimum atomic E-state index is 0.551. The summed E-state index contributed by atoms with van der Waals surface area (Å²) in [5, 5.41) is 3.55. The standard InChI is InChI=1S/C15H18N2O/c1-2-5-14(6-3-1)17-9-8-13(12-17)16-11-15-7-4-10-18-15/h1-7,10,13,16H,8-9,11-12H2/t13-/m0/s1. The van der Waals surface area contributed by atoms with Crippen molar-refractivity contribution in [2.75, 3.05) is 18.0 Å². The number of rotatable bonds is 4. The summed E-state index contributed by atoms with van der Waals surface area (Å²) in [5.41, 5.74) is 1.32. The number of para-hydroxylation sites is 1. The van der Waals surface area contributed by atoms with E-state index < -0.39 is 0 Å². The van der Waals surface area contributed by atoms with Crippen molar-refractivity contribution in [2.45, 2.75) is 19.0 Å². The first kappa shape index (κ1) is 11.4. The van der Waals surface area contributed by atoms with E-state index in [9.17, 15) is 0 Å². The highest BCUT2D eigenvalue weighted by molar-refractivity contribution is 5.47. The fraction of sp³-hybridized carbons (Fsp3) is 0.333. The Morgan fingerprint density at radius 3 is 2.83 bits per heavy atom. The number of nitrogens with zero attached hydrogens (tertiary/aromatic N) is 1. The van der Waals surface area contributed by atoms with Crippen molar-refractivity contribution in [2.24, 2.45) is 0 Å². The van der Waals surface area contributed by atoms with Gasteiger partial charge in [-0.2, -0.15) is 0 Å². The summed E-state index contributed by atoms with van der Waals surface area (Å²) in [6.45, 7) is 3.02. The van der Waals surface area contributed by atoms with E-state index >= 15 is 0 Å². The maximum Gasteiger partial charge on any atom is 0.117 e. The third-order valence-electron chi connectivity index (χ3n) is 3.45. The number of hydrogen-bond donors (Lipinski definition) is 1. The van der Waals surface area contributed by atoms with Crippen LogP contribution >= 0.6 is 0 Å². The highest BCUT2D eigenvalue weighted by atomic mass is 16.3. The van der Waals surface area contributed by atoms with E-state index in [4.69, 9.17) is 4.42 Å². The minimum Gasteiger partial charge on any atom is -0.468 e. The van der Waals surface area contributed by atoms with Crippen molar-refractivity contribution in [1.29, 1.82) is 0 Å². The maximum absolute atomic E-state index is 5.33. The molecule has 1 N–H and O–H groups in total. The molecule has 0 saturated carbocycles. The lowest BCUT2D eigenvalue weighted by Crippen LogP contribution is -2.31. The molecule has 2 aromatic rings. The fourth-order valence-electron chi connectivity index (χ4n) is 2.46. The SMILES string of the molecule is c1ccc(N2CC[C@H](NCc3ccco3)C2)cc1. The van der Waals surface area contributed by atoms with Gasteiger partial charge >= 0.3 is 0 Å². The Morgan fingerprint density at radius 2 is 2.06 bits per heavy atom. The lowest BCUT2D eigenvalue weighted by molar-refractivity contribution is 0.455. The van der Waals surface area contributed by atoms with Crippen LogP contribution in [0.5, 0.6) is 0 Å². The van der Waals surface area contributed by atoms with Gasteiger partial charge in [0.2, 0.25) is 0 Å². The summed E-state index contributed by atoms with van der Waals surface area (Å²) in [4.78, 5) is 2.43. The summed E-state index contributed by atoms with van der Waals surface area (Å²) in [5.74, 6) is 1.01. The third-order valence-corrected chi connectivity index (χ3v) is 3.45. The van der Waals surface area contributed by atoms with Gasteiger partial charge in [0.25, 0.3) is 0 Å². The zero-order valence-electron chi connectivity index (χ0n) is 10.4. The molecule has 0 unspecified atom stereocenters. The van der Waals surface area contributed by atoms with Gasteiger partial charge in [-0.3, -0.25) is 0 Å². The highest BCUT2D eigenvalue weighted by Crippen LogP contribution is 2.19. The van der Waals surface area contributed by atoms with E-state index in [0.29, 0.717) is 6.04 Å². The average molecular weight is 242 g/mol. The van der Waals surface area contributed by atoms with Crippen molar-refractivity contribution in [3.63, 3.8) is 0 Å². The van der Waals surface area contributed by atoms with Gasteiger partial charge in [-0.1, -0.05) is 18.2 Å². The Balaban J connectivity index is 1.53. The second-order valence-electron chi connectivity index (χ2n) is 4.73. The smallest absolute Gasteiger partial charge is 0.117 e. The van der Waals surface area contributed by atoms with E-state index in [2.05, 4.69) is 40.5 Å². The largest absolute Gasteiger partial charge is 0.468 e. The maximum atomic E-state index is 5.33. The molecule has 1 saturated heterocycles. The molecule has 0 bridgehead atoms. The molecular weight excluding hydrogens is 224 g/mol. The van der Waals surface area contributed by atoms with E-state index in [1.54, 1.807) is 6.26 Å². The third kappa shape index (κ3) is 2.57. The van der Waals surface area contributed by atoms with Crippen LogP contribution in [0.15, 0.2) is 53.1 Å². The molecule has 18 heavy (non-hydrogen) atoms. The molecule has 0 radical (unpaired) electrons. The average Bonchev–Trinajstić information content (AvgIpc) is 3.09. The van der Waals surface area contributed by atoms with E-state index in [0.717, 1.165) is 25.4 Å². The summed E-state index contributed by atoms with van der Waals surface area (Å²) >= 11 is 0. The Morgan fingerprint density at radius 1 is 1.17 bits per heavy atom. The molecule has 1 fully saturated rings. The predicted molar refractivity (Wildman–Crippen MR) is 72.6 cm³/mol. The molecular formula is C15H18N2O. The number of furan rings is 1. The van der Waals surface area contributed by atoms with E-state index in [1.165, 1.54) is 12.1 Å². The van der Waals surface area contributed by atoms with E-state index in [-0.39, 0.29) is 0 Å². The number of hydrogen-bond acceptors (Lipinski definition) is 3. The predicted octanol–water partition coefficient (Wildman–Crippen LogP) is 2.65. The van der Waals surface area contributed by atoms with Crippen molar-refractivity contribution >= 4 is 5.69 Å². The molecule has 3 heteroatoms. The van der Waals surface area contributed by atoms with Crippen LogP contribution in [-0.2, 0) is 6.54 Å². The number of benzene rings is 1. The van der Waals surface area contributed by atoms with Gasteiger partial charge in [-0.25, -0.2) is 0 Å². The normalized spacial score (nSPS) is 19.3. The molecule has 2 heterocycles. The number of nitrogens with one attached hydrogen (secondary N) is 1. The van der Waals surface area contributed by atoms with Gasteiger partial charge < -0.3 is 14.6 Å². The van der Waals surface area contributed by atoms with Crippen LogP contribution in [0.4, 0.5) is 5.69 Å².